The van der Waals surface area contributed by atoms with Gasteiger partial charge in [-0.25, -0.2) is 4.98 Å². The van der Waals surface area contributed by atoms with Crippen LogP contribution in [0.1, 0.15) is 30.1 Å². The highest BCUT2D eigenvalue weighted by molar-refractivity contribution is 7.09. The van der Waals surface area contributed by atoms with Gasteiger partial charge in [0.1, 0.15) is 12.4 Å². The van der Waals surface area contributed by atoms with Crippen LogP contribution in [0.25, 0.3) is 0 Å². The van der Waals surface area contributed by atoms with Crippen LogP contribution in [0.15, 0.2) is 29.6 Å². The molecular formula is C16H22N2OS. The molecule has 1 N–H and O–H groups in total. The van der Waals surface area contributed by atoms with E-state index in [1.54, 1.807) is 11.3 Å². The molecule has 0 aliphatic rings. The van der Waals surface area contributed by atoms with Gasteiger partial charge in [-0.3, -0.25) is 0 Å². The van der Waals surface area contributed by atoms with Crippen LogP contribution in [0.5, 0.6) is 5.75 Å². The summed E-state index contributed by atoms with van der Waals surface area (Å²) in [4.78, 5) is 4.54. The summed E-state index contributed by atoms with van der Waals surface area (Å²) in [7, 11) is 0. The van der Waals surface area contributed by atoms with Crippen LogP contribution in [0.4, 0.5) is 0 Å². The number of aryl methyl sites for hydroxylation is 2. The molecule has 0 spiro atoms. The van der Waals surface area contributed by atoms with Gasteiger partial charge in [-0.15, -0.1) is 11.3 Å². The summed E-state index contributed by atoms with van der Waals surface area (Å²) in [6, 6.07) is 8.44. The zero-order valence-electron chi connectivity index (χ0n) is 12.3. The van der Waals surface area contributed by atoms with Gasteiger partial charge >= 0.3 is 0 Å². The molecule has 1 atom stereocenters. The average Bonchev–Trinajstić information content (AvgIpc) is 2.92. The first-order valence-corrected chi connectivity index (χ1v) is 7.91. The summed E-state index contributed by atoms with van der Waals surface area (Å²) in [5.74, 6) is 0.922. The number of thiazole rings is 1. The van der Waals surface area contributed by atoms with Gasteiger partial charge in [-0.05, 0) is 32.4 Å². The van der Waals surface area contributed by atoms with Crippen LogP contribution in [0, 0.1) is 6.92 Å². The van der Waals surface area contributed by atoms with E-state index in [9.17, 15) is 0 Å². The Balaban J connectivity index is 1.72. The Hall–Kier alpha value is -1.39. The first-order chi connectivity index (χ1) is 9.67. The lowest BCUT2D eigenvalue weighted by Gasteiger charge is -2.14. The summed E-state index contributed by atoms with van der Waals surface area (Å²) >= 11 is 1.73. The maximum atomic E-state index is 5.76. The summed E-state index contributed by atoms with van der Waals surface area (Å²) in [6.07, 6.45) is 1.01. The van der Waals surface area contributed by atoms with Gasteiger partial charge < -0.3 is 10.1 Å². The highest BCUT2D eigenvalue weighted by Gasteiger charge is 2.05. The second-order valence-corrected chi connectivity index (χ2v) is 5.93. The van der Waals surface area contributed by atoms with Crippen molar-refractivity contribution in [1.82, 2.24) is 10.3 Å². The molecule has 0 bridgehead atoms. The molecule has 4 heteroatoms. The van der Waals surface area contributed by atoms with Crippen molar-refractivity contribution in [2.75, 3.05) is 6.61 Å². The Kier molecular flexibility index (Phi) is 5.56. The number of rotatable bonds is 7. The number of nitrogens with zero attached hydrogens (tertiary/aromatic N) is 1. The van der Waals surface area contributed by atoms with E-state index in [4.69, 9.17) is 4.74 Å². The normalized spacial score (nSPS) is 12.3. The molecule has 20 heavy (non-hydrogen) atoms. The van der Waals surface area contributed by atoms with E-state index in [1.807, 2.05) is 12.1 Å². The van der Waals surface area contributed by atoms with Gasteiger partial charge in [0.15, 0.2) is 0 Å². The highest BCUT2D eigenvalue weighted by atomic mass is 32.1. The number of hydrogen-bond donors (Lipinski definition) is 1. The lowest BCUT2D eigenvalue weighted by molar-refractivity contribution is 0.272. The van der Waals surface area contributed by atoms with Crippen molar-refractivity contribution >= 4 is 11.3 Å². The lowest BCUT2D eigenvalue weighted by atomic mass is 10.2. The van der Waals surface area contributed by atoms with E-state index in [1.165, 1.54) is 10.6 Å². The van der Waals surface area contributed by atoms with Gasteiger partial charge in [-0.1, -0.05) is 24.6 Å². The van der Waals surface area contributed by atoms with Crippen molar-refractivity contribution in [2.45, 2.75) is 39.8 Å². The monoisotopic (exact) mass is 290 g/mol. The van der Waals surface area contributed by atoms with E-state index in [2.05, 4.69) is 48.6 Å². The van der Waals surface area contributed by atoms with Crippen molar-refractivity contribution < 1.29 is 4.74 Å². The molecule has 0 fully saturated rings. The molecular weight excluding hydrogens is 268 g/mol. The second kappa shape index (κ2) is 7.41. The maximum absolute atomic E-state index is 5.76. The summed E-state index contributed by atoms with van der Waals surface area (Å²) in [5.41, 5.74) is 2.37. The first kappa shape index (κ1) is 15.0. The average molecular weight is 290 g/mol. The van der Waals surface area contributed by atoms with Crippen molar-refractivity contribution in [1.29, 1.82) is 0 Å². The molecule has 0 amide bonds. The lowest BCUT2D eigenvalue weighted by Crippen LogP contribution is -2.31. The van der Waals surface area contributed by atoms with Crippen molar-refractivity contribution in [3.63, 3.8) is 0 Å². The van der Waals surface area contributed by atoms with Gasteiger partial charge in [0.05, 0.1) is 10.7 Å². The maximum Gasteiger partial charge on any atom is 0.119 e. The van der Waals surface area contributed by atoms with Gasteiger partial charge in [0.2, 0.25) is 0 Å². The van der Waals surface area contributed by atoms with E-state index in [-0.39, 0.29) is 0 Å². The zero-order chi connectivity index (χ0) is 14.4. The number of benzene rings is 1. The van der Waals surface area contributed by atoms with Crippen LogP contribution >= 0.6 is 11.3 Å². The standard InChI is InChI=1S/C16H22N2OS/c1-4-16-18-14(11-20-16)9-17-13(3)10-19-15-7-5-12(2)6-8-15/h5-8,11,13,17H,4,9-10H2,1-3H3. The van der Waals surface area contributed by atoms with Crippen molar-refractivity contribution in [3.05, 3.63) is 45.9 Å². The Morgan fingerprint density at radius 2 is 2.05 bits per heavy atom. The minimum absolute atomic E-state index is 0.295. The van der Waals surface area contributed by atoms with Crippen molar-refractivity contribution in [2.24, 2.45) is 0 Å². The smallest absolute Gasteiger partial charge is 0.119 e. The fraction of sp³-hybridized carbons (Fsp3) is 0.438. The van der Waals surface area contributed by atoms with E-state index in [0.29, 0.717) is 12.6 Å². The molecule has 2 aromatic rings. The molecule has 1 aromatic carbocycles. The Morgan fingerprint density at radius 1 is 1.30 bits per heavy atom. The van der Waals surface area contributed by atoms with Crippen LogP contribution in [0.3, 0.4) is 0 Å². The number of nitrogens with one attached hydrogen (secondary N) is 1. The molecule has 1 heterocycles. The Labute approximate surface area is 125 Å². The summed E-state index contributed by atoms with van der Waals surface area (Å²) < 4.78 is 5.76. The number of aromatic nitrogens is 1. The molecule has 0 saturated heterocycles. The fourth-order valence-corrected chi connectivity index (χ4v) is 2.53. The molecule has 3 nitrogen and oxygen atoms in total. The van der Waals surface area contributed by atoms with Crippen LogP contribution < -0.4 is 10.1 Å². The number of hydrogen-bond acceptors (Lipinski definition) is 4. The minimum atomic E-state index is 0.295. The third kappa shape index (κ3) is 4.62. The Bertz CT molecular complexity index is 522. The molecule has 0 radical (unpaired) electrons. The first-order valence-electron chi connectivity index (χ1n) is 7.03. The van der Waals surface area contributed by atoms with Crippen molar-refractivity contribution in [3.8, 4) is 5.75 Å². The molecule has 1 aromatic heterocycles. The molecule has 0 aliphatic carbocycles. The number of ether oxygens (including phenoxy) is 1. The predicted molar refractivity (Wildman–Crippen MR) is 84.5 cm³/mol. The second-order valence-electron chi connectivity index (χ2n) is 4.99. The van der Waals surface area contributed by atoms with E-state index in [0.717, 1.165) is 24.4 Å². The van der Waals surface area contributed by atoms with Gasteiger partial charge in [0.25, 0.3) is 0 Å². The third-order valence-corrected chi connectivity index (χ3v) is 4.10. The van der Waals surface area contributed by atoms with Crippen LogP contribution in [0.2, 0.25) is 0 Å². The fourth-order valence-electron chi connectivity index (χ4n) is 1.79. The Morgan fingerprint density at radius 3 is 2.70 bits per heavy atom. The summed E-state index contributed by atoms with van der Waals surface area (Å²) in [6.45, 7) is 7.80. The van der Waals surface area contributed by atoms with Crippen LogP contribution in [-0.2, 0) is 13.0 Å². The highest BCUT2D eigenvalue weighted by Crippen LogP contribution is 2.12. The minimum Gasteiger partial charge on any atom is -0.492 e. The van der Waals surface area contributed by atoms with Gasteiger partial charge in [0, 0.05) is 18.0 Å². The largest absolute Gasteiger partial charge is 0.492 e. The topological polar surface area (TPSA) is 34.2 Å². The quantitative estimate of drug-likeness (QED) is 0.846. The van der Waals surface area contributed by atoms with E-state index < -0.39 is 0 Å². The molecule has 1 unspecified atom stereocenters. The van der Waals surface area contributed by atoms with Gasteiger partial charge in [-0.2, -0.15) is 0 Å². The summed E-state index contributed by atoms with van der Waals surface area (Å²) in [5, 5.41) is 6.76. The van der Waals surface area contributed by atoms with Crippen LogP contribution in [-0.4, -0.2) is 17.6 Å². The molecule has 0 saturated carbocycles. The molecule has 0 aliphatic heterocycles. The van der Waals surface area contributed by atoms with E-state index >= 15 is 0 Å². The predicted octanol–water partition coefficient (Wildman–Crippen LogP) is 3.57. The molecule has 108 valence electrons. The zero-order valence-corrected chi connectivity index (χ0v) is 13.2. The SMILES string of the molecule is CCc1nc(CNC(C)COc2ccc(C)cc2)cs1. The molecule has 2 rings (SSSR count). The third-order valence-electron chi connectivity index (χ3n) is 3.05.